The Labute approximate surface area is 86.6 Å². The van der Waals surface area contributed by atoms with E-state index >= 15 is 0 Å². The van der Waals surface area contributed by atoms with Gasteiger partial charge < -0.3 is 10.6 Å². The van der Waals surface area contributed by atoms with Gasteiger partial charge in [0.25, 0.3) is 0 Å². The molecule has 0 aliphatic heterocycles. The molecule has 0 heterocycles. The maximum atomic E-state index is 11.3. The molecule has 1 aliphatic rings. The Morgan fingerprint density at radius 3 is 2.71 bits per heavy atom. The quantitative estimate of drug-likeness (QED) is 0.631. The minimum absolute atomic E-state index is 0.137. The first-order valence-electron chi connectivity index (χ1n) is 5.72. The van der Waals surface area contributed by atoms with Crippen LogP contribution in [0.2, 0.25) is 0 Å². The van der Waals surface area contributed by atoms with Crippen molar-refractivity contribution in [2.45, 2.75) is 45.6 Å². The third-order valence-corrected chi connectivity index (χ3v) is 2.78. The van der Waals surface area contributed by atoms with Crippen molar-refractivity contribution in [2.75, 3.05) is 13.1 Å². The van der Waals surface area contributed by atoms with Gasteiger partial charge in [-0.25, -0.2) is 0 Å². The summed E-state index contributed by atoms with van der Waals surface area (Å²) in [5.41, 5.74) is 0. The van der Waals surface area contributed by atoms with Crippen LogP contribution in [0.5, 0.6) is 0 Å². The first-order chi connectivity index (χ1) is 6.72. The maximum Gasteiger partial charge on any atom is 0.233 e. The third-order valence-electron chi connectivity index (χ3n) is 2.78. The monoisotopic (exact) mass is 198 g/mol. The van der Waals surface area contributed by atoms with Gasteiger partial charge in [0, 0.05) is 12.6 Å². The molecule has 14 heavy (non-hydrogen) atoms. The topological polar surface area (TPSA) is 41.1 Å². The van der Waals surface area contributed by atoms with E-state index < -0.39 is 0 Å². The van der Waals surface area contributed by atoms with Gasteiger partial charge in [0.05, 0.1) is 6.54 Å². The van der Waals surface area contributed by atoms with Crippen LogP contribution in [-0.2, 0) is 4.79 Å². The minimum Gasteiger partial charge on any atom is -0.355 e. The van der Waals surface area contributed by atoms with Crippen molar-refractivity contribution in [3.05, 3.63) is 0 Å². The molecule has 0 bridgehead atoms. The first-order valence-corrected chi connectivity index (χ1v) is 5.72. The molecular formula is C11H22N2O. The lowest BCUT2D eigenvalue weighted by Crippen LogP contribution is -2.45. The van der Waals surface area contributed by atoms with Gasteiger partial charge >= 0.3 is 0 Å². The zero-order valence-electron chi connectivity index (χ0n) is 9.31. The second-order valence-corrected chi connectivity index (χ2v) is 4.36. The molecule has 0 atom stereocenters. The van der Waals surface area contributed by atoms with Crippen molar-refractivity contribution in [3.63, 3.8) is 0 Å². The SMILES string of the molecule is CCCCNC(=O)CNC1CC(C)C1. The van der Waals surface area contributed by atoms with E-state index in [0.29, 0.717) is 12.6 Å². The van der Waals surface area contributed by atoms with Gasteiger partial charge in [-0.15, -0.1) is 0 Å². The fourth-order valence-electron chi connectivity index (χ4n) is 1.77. The normalized spacial score (nSPS) is 25.6. The molecule has 1 saturated carbocycles. The van der Waals surface area contributed by atoms with Crippen molar-refractivity contribution >= 4 is 5.91 Å². The second kappa shape index (κ2) is 6.02. The summed E-state index contributed by atoms with van der Waals surface area (Å²) >= 11 is 0. The van der Waals surface area contributed by atoms with Crippen molar-refractivity contribution < 1.29 is 4.79 Å². The summed E-state index contributed by atoms with van der Waals surface area (Å²) in [6.45, 7) is 5.68. The molecule has 0 unspecified atom stereocenters. The predicted molar refractivity (Wildman–Crippen MR) is 58.1 cm³/mol. The summed E-state index contributed by atoms with van der Waals surface area (Å²) in [7, 11) is 0. The lowest BCUT2D eigenvalue weighted by molar-refractivity contribution is -0.120. The van der Waals surface area contributed by atoms with E-state index in [0.717, 1.165) is 25.3 Å². The van der Waals surface area contributed by atoms with Crippen LogP contribution in [0.25, 0.3) is 0 Å². The lowest BCUT2D eigenvalue weighted by Gasteiger charge is -2.33. The molecule has 0 saturated heterocycles. The van der Waals surface area contributed by atoms with Gasteiger partial charge in [0.1, 0.15) is 0 Å². The summed E-state index contributed by atoms with van der Waals surface area (Å²) in [6, 6.07) is 0.585. The highest BCUT2D eigenvalue weighted by atomic mass is 16.1. The lowest BCUT2D eigenvalue weighted by atomic mass is 9.82. The third kappa shape index (κ3) is 4.09. The summed E-state index contributed by atoms with van der Waals surface area (Å²) in [4.78, 5) is 11.3. The molecule has 0 aromatic carbocycles. The van der Waals surface area contributed by atoms with Crippen molar-refractivity contribution in [1.29, 1.82) is 0 Å². The zero-order chi connectivity index (χ0) is 10.4. The molecule has 82 valence electrons. The Morgan fingerprint density at radius 1 is 1.43 bits per heavy atom. The number of rotatable bonds is 6. The maximum absolute atomic E-state index is 11.3. The summed E-state index contributed by atoms with van der Waals surface area (Å²) in [6.07, 6.45) is 4.66. The Bertz CT molecular complexity index is 176. The van der Waals surface area contributed by atoms with Crippen LogP contribution in [0.15, 0.2) is 0 Å². The van der Waals surface area contributed by atoms with E-state index in [1.54, 1.807) is 0 Å². The van der Waals surface area contributed by atoms with Crippen molar-refractivity contribution in [3.8, 4) is 0 Å². The average Bonchev–Trinajstić information content (AvgIpc) is 2.11. The van der Waals surface area contributed by atoms with Crippen LogP contribution in [0.3, 0.4) is 0 Å². The van der Waals surface area contributed by atoms with Crippen LogP contribution in [-0.4, -0.2) is 25.0 Å². The number of unbranched alkanes of at least 4 members (excludes halogenated alkanes) is 1. The van der Waals surface area contributed by atoms with Gasteiger partial charge in [0.15, 0.2) is 0 Å². The second-order valence-electron chi connectivity index (χ2n) is 4.36. The Balaban J connectivity index is 1.93. The summed E-state index contributed by atoms with van der Waals surface area (Å²) in [5.74, 6) is 0.980. The van der Waals surface area contributed by atoms with Crippen LogP contribution >= 0.6 is 0 Å². The van der Waals surface area contributed by atoms with E-state index in [9.17, 15) is 4.79 Å². The smallest absolute Gasteiger partial charge is 0.233 e. The van der Waals surface area contributed by atoms with E-state index in [2.05, 4.69) is 24.5 Å². The number of amides is 1. The number of carbonyl (C=O) groups excluding carboxylic acids is 1. The van der Waals surface area contributed by atoms with E-state index in [1.165, 1.54) is 12.8 Å². The van der Waals surface area contributed by atoms with Gasteiger partial charge in [-0.3, -0.25) is 4.79 Å². The molecule has 0 spiro atoms. The first kappa shape index (κ1) is 11.5. The molecule has 1 amide bonds. The standard InChI is InChI=1S/C11H22N2O/c1-3-4-5-12-11(14)8-13-10-6-9(2)7-10/h9-10,13H,3-8H2,1-2H3,(H,12,14). The van der Waals surface area contributed by atoms with Gasteiger partial charge in [-0.1, -0.05) is 20.3 Å². The zero-order valence-corrected chi connectivity index (χ0v) is 9.31. The van der Waals surface area contributed by atoms with Crippen molar-refractivity contribution in [2.24, 2.45) is 5.92 Å². The van der Waals surface area contributed by atoms with Gasteiger partial charge in [-0.2, -0.15) is 0 Å². The molecule has 0 radical (unpaired) electrons. The minimum atomic E-state index is 0.137. The number of hydrogen-bond acceptors (Lipinski definition) is 2. The molecule has 2 N–H and O–H groups in total. The fourth-order valence-corrected chi connectivity index (χ4v) is 1.77. The van der Waals surface area contributed by atoms with E-state index in [-0.39, 0.29) is 5.91 Å². The van der Waals surface area contributed by atoms with Gasteiger partial charge in [-0.05, 0) is 25.2 Å². The Hall–Kier alpha value is -0.570. The predicted octanol–water partition coefficient (Wildman–Crippen LogP) is 1.29. The Kier molecular flexibility index (Phi) is 4.94. The molecule has 3 heteroatoms. The van der Waals surface area contributed by atoms with Gasteiger partial charge in [0.2, 0.25) is 5.91 Å². The number of carbonyl (C=O) groups is 1. The van der Waals surface area contributed by atoms with Crippen LogP contribution < -0.4 is 10.6 Å². The van der Waals surface area contributed by atoms with Crippen LogP contribution in [0.4, 0.5) is 0 Å². The highest BCUT2D eigenvalue weighted by molar-refractivity contribution is 5.77. The fraction of sp³-hybridized carbons (Fsp3) is 0.909. The van der Waals surface area contributed by atoms with Crippen LogP contribution in [0.1, 0.15) is 39.5 Å². The molecular weight excluding hydrogens is 176 g/mol. The van der Waals surface area contributed by atoms with Crippen LogP contribution in [0, 0.1) is 5.92 Å². The molecule has 1 aliphatic carbocycles. The Morgan fingerprint density at radius 2 is 2.14 bits per heavy atom. The van der Waals surface area contributed by atoms with E-state index in [1.807, 2.05) is 0 Å². The number of hydrogen-bond donors (Lipinski definition) is 2. The van der Waals surface area contributed by atoms with E-state index in [4.69, 9.17) is 0 Å². The molecule has 1 fully saturated rings. The molecule has 3 nitrogen and oxygen atoms in total. The molecule has 0 aromatic heterocycles. The largest absolute Gasteiger partial charge is 0.355 e. The number of nitrogens with one attached hydrogen (secondary N) is 2. The summed E-state index contributed by atoms with van der Waals surface area (Å²) in [5, 5.41) is 6.16. The average molecular weight is 198 g/mol. The highest BCUT2D eigenvalue weighted by Crippen LogP contribution is 2.25. The summed E-state index contributed by atoms with van der Waals surface area (Å²) < 4.78 is 0. The molecule has 1 rings (SSSR count). The van der Waals surface area contributed by atoms with Crippen molar-refractivity contribution in [1.82, 2.24) is 10.6 Å². The molecule has 0 aromatic rings. The highest BCUT2D eigenvalue weighted by Gasteiger charge is 2.24.